The Hall–Kier alpha value is -3.09. The molecule has 2 heterocycles. The summed E-state index contributed by atoms with van der Waals surface area (Å²) in [6, 6.07) is 16.1. The summed E-state index contributed by atoms with van der Waals surface area (Å²) in [5.74, 6) is 0.616. The predicted molar refractivity (Wildman–Crippen MR) is 122 cm³/mol. The Kier molecular flexibility index (Phi) is 6.70. The van der Waals surface area contributed by atoms with Crippen LogP contribution in [0.1, 0.15) is 41.8 Å². The fourth-order valence-corrected chi connectivity index (χ4v) is 3.86. The molecule has 0 atom stereocenters. The molecule has 3 aromatic rings. The van der Waals surface area contributed by atoms with Crippen LogP contribution in [0.2, 0.25) is 5.02 Å². The molecular weight excluding hydrogens is 414 g/mol. The molecule has 0 unspecified atom stereocenters. The van der Waals surface area contributed by atoms with Crippen molar-refractivity contribution in [1.29, 1.82) is 0 Å². The zero-order valence-corrected chi connectivity index (χ0v) is 17.8. The van der Waals surface area contributed by atoms with Crippen LogP contribution >= 0.6 is 11.6 Å². The average Bonchev–Trinajstić information content (AvgIpc) is 3.24. The number of furan rings is 1. The molecule has 1 aliphatic rings. The maximum Gasteiger partial charge on any atom is 0.257 e. The minimum absolute atomic E-state index is 0.0453. The van der Waals surface area contributed by atoms with Gasteiger partial charge in [-0.15, -0.1) is 0 Å². The lowest BCUT2D eigenvalue weighted by Crippen LogP contribution is -2.26. The van der Waals surface area contributed by atoms with E-state index < -0.39 is 0 Å². The van der Waals surface area contributed by atoms with Gasteiger partial charge in [-0.3, -0.25) is 14.5 Å². The van der Waals surface area contributed by atoms with Gasteiger partial charge in [0.2, 0.25) is 5.91 Å². The van der Waals surface area contributed by atoms with Gasteiger partial charge in [0.1, 0.15) is 5.76 Å². The number of fused-ring (bicyclic) bond motifs is 2. The van der Waals surface area contributed by atoms with Crippen molar-refractivity contribution in [2.45, 2.75) is 32.2 Å². The number of rotatable bonds is 8. The maximum atomic E-state index is 13.2. The molecule has 2 N–H and O–H groups in total. The number of nitrogens with zero attached hydrogens (tertiary/aromatic N) is 1. The molecule has 6 nitrogen and oxygen atoms in total. The van der Waals surface area contributed by atoms with Gasteiger partial charge in [-0.1, -0.05) is 30.2 Å². The van der Waals surface area contributed by atoms with Gasteiger partial charge in [-0.2, -0.15) is 0 Å². The Bertz CT molecular complexity index is 1070. The van der Waals surface area contributed by atoms with E-state index in [4.69, 9.17) is 16.0 Å². The van der Waals surface area contributed by atoms with Crippen LogP contribution in [0.15, 0.2) is 65.3 Å². The average molecular weight is 438 g/mol. The van der Waals surface area contributed by atoms with E-state index in [-0.39, 0.29) is 11.8 Å². The first kappa shape index (κ1) is 21.2. The third-order valence-corrected chi connectivity index (χ3v) is 5.45. The van der Waals surface area contributed by atoms with E-state index in [1.807, 2.05) is 18.2 Å². The van der Waals surface area contributed by atoms with Crippen molar-refractivity contribution in [1.82, 2.24) is 5.32 Å². The van der Waals surface area contributed by atoms with Crippen LogP contribution in [-0.2, 0) is 11.3 Å². The van der Waals surface area contributed by atoms with E-state index in [1.54, 1.807) is 47.6 Å². The van der Waals surface area contributed by atoms with Gasteiger partial charge in [0.05, 0.1) is 35.4 Å². The second kappa shape index (κ2) is 9.81. The van der Waals surface area contributed by atoms with Crippen LogP contribution in [-0.4, -0.2) is 18.4 Å². The third kappa shape index (κ3) is 4.98. The van der Waals surface area contributed by atoms with Gasteiger partial charge in [0, 0.05) is 11.4 Å². The lowest BCUT2D eigenvalue weighted by molar-refractivity contribution is -0.118. The zero-order chi connectivity index (χ0) is 21.6. The van der Waals surface area contributed by atoms with E-state index in [0.717, 1.165) is 31.6 Å². The number of unbranched alkanes of at least 4 members (excludes halogenated alkanes) is 2. The number of hydrogen-bond donors (Lipinski definition) is 2. The van der Waals surface area contributed by atoms with Crippen LogP contribution in [0.3, 0.4) is 0 Å². The highest BCUT2D eigenvalue weighted by atomic mass is 35.5. The quantitative estimate of drug-likeness (QED) is 0.455. The minimum atomic E-state index is -0.253. The summed E-state index contributed by atoms with van der Waals surface area (Å²) in [7, 11) is 0. The van der Waals surface area contributed by atoms with Crippen molar-refractivity contribution in [3.63, 3.8) is 0 Å². The predicted octanol–water partition coefficient (Wildman–Crippen LogP) is 5.51. The summed E-state index contributed by atoms with van der Waals surface area (Å²) < 4.78 is 5.29. The van der Waals surface area contributed by atoms with Crippen LogP contribution < -0.4 is 15.5 Å². The van der Waals surface area contributed by atoms with Gasteiger partial charge in [-0.05, 0) is 61.9 Å². The number of carbonyl (C=O) groups is 2. The molecule has 0 bridgehead atoms. The fraction of sp³-hybridized carbons (Fsp3) is 0.250. The molecule has 4 rings (SSSR count). The molecule has 0 saturated heterocycles. The second-order valence-corrected chi connectivity index (χ2v) is 7.87. The standard InChI is InChI=1S/C24H24ClN3O3/c25-17-11-12-22-20(15-17)27-24(30)19-8-3-4-9-21(19)28(22)23(29)10-2-1-5-13-26-16-18-7-6-14-31-18/h3-4,6-9,11-12,14-15,26H,1-2,5,10,13,16H2,(H,27,30). The van der Waals surface area contributed by atoms with E-state index in [2.05, 4.69) is 10.6 Å². The number of carbonyl (C=O) groups excluding carboxylic acids is 2. The van der Waals surface area contributed by atoms with E-state index in [9.17, 15) is 9.59 Å². The van der Waals surface area contributed by atoms with Crippen LogP contribution in [0.5, 0.6) is 0 Å². The monoisotopic (exact) mass is 437 g/mol. The third-order valence-electron chi connectivity index (χ3n) is 5.21. The van der Waals surface area contributed by atoms with Crippen LogP contribution in [0, 0.1) is 0 Å². The molecule has 7 heteroatoms. The number of nitrogens with one attached hydrogen (secondary N) is 2. The van der Waals surface area contributed by atoms with Crippen molar-refractivity contribution in [3.05, 3.63) is 77.2 Å². The molecule has 0 aliphatic carbocycles. The van der Waals surface area contributed by atoms with Crippen molar-refractivity contribution >= 4 is 40.5 Å². The van der Waals surface area contributed by atoms with Gasteiger partial charge >= 0.3 is 0 Å². The lowest BCUT2D eigenvalue weighted by Gasteiger charge is -2.24. The van der Waals surface area contributed by atoms with Crippen molar-refractivity contribution < 1.29 is 14.0 Å². The largest absolute Gasteiger partial charge is 0.468 e. The number of halogens is 1. The number of benzene rings is 2. The lowest BCUT2D eigenvalue weighted by atomic mass is 10.1. The van der Waals surface area contributed by atoms with Gasteiger partial charge in [0.25, 0.3) is 5.91 Å². The van der Waals surface area contributed by atoms with E-state index in [1.165, 1.54) is 0 Å². The molecule has 2 aromatic carbocycles. The molecule has 0 radical (unpaired) electrons. The molecule has 31 heavy (non-hydrogen) atoms. The minimum Gasteiger partial charge on any atom is -0.468 e. The number of hydrogen-bond acceptors (Lipinski definition) is 4. The first-order valence-electron chi connectivity index (χ1n) is 10.4. The molecule has 2 amide bonds. The van der Waals surface area contributed by atoms with Gasteiger partial charge < -0.3 is 15.1 Å². The summed E-state index contributed by atoms with van der Waals surface area (Å²) in [5, 5.41) is 6.71. The number of amides is 2. The Labute approximate surface area is 186 Å². The van der Waals surface area contributed by atoms with Gasteiger partial charge in [-0.25, -0.2) is 0 Å². The highest BCUT2D eigenvalue weighted by Crippen LogP contribution is 2.39. The van der Waals surface area contributed by atoms with Crippen molar-refractivity contribution in [2.24, 2.45) is 0 Å². The molecule has 1 aliphatic heterocycles. The molecule has 0 spiro atoms. The smallest absolute Gasteiger partial charge is 0.257 e. The second-order valence-electron chi connectivity index (χ2n) is 7.43. The Balaban J connectivity index is 1.40. The summed E-state index contributed by atoms with van der Waals surface area (Å²) in [6.07, 6.45) is 4.72. The van der Waals surface area contributed by atoms with Crippen molar-refractivity contribution in [3.8, 4) is 0 Å². The van der Waals surface area contributed by atoms with E-state index >= 15 is 0 Å². The Morgan fingerprint density at radius 3 is 2.74 bits per heavy atom. The topological polar surface area (TPSA) is 74.6 Å². The molecule has 1 aromatic heterocycles. The number of anilines is 3. The normalized spacial score (nSPS) is 12.7. The summed E-state index contributed by atoms with van der Waals surface area (Å²) in [6.45, 7) is 1.57. The highest BCUT2D eigenvalue weighted by molar-refractivity contribution is 6.31. The maximum absolute atomic E-state index is 13.2. The summed E-state index contributed by atoms with van der Waals surface area (Å²) in [4.78, 5) is 27.6. The Morgan fingerprint density at radius 1 is 1.03 bits per heavy atom. The molecule has 0 fully saturated rings. The first-order valence-corrected chi connectivity index (χ1v) is 10.8. The highest BCUT2D eigenvalue weighted by Gasteiger charge is 2.28. The first-order chi connectivity index (χ1) is 15.1. The SMILES string of the molecule is O=C1Nc2cc(Cl)ccc2N(C(=O)CCCCCNCc2ccco2)c2ccccc21. The van der Waals surface area contributed by atoms with Crippen LogP contribution in [0.25, 0.3) is 0 Å². The van der Waals surface area contributed by atoms with E-state index in [0.29, 0.717) is 40.6 Å². The molecule has 0 saturated carbocycles. The molecular formula is C24H24ClN3O3. The molecule has 160 valence electrons. The number of para-hydroxylation sites is 1. The Morgan fingerprint density at radius 2 is 1.90 bits per heavy atom. The zero-order valence-electron chi connectivity index (χ0n) is 17.1. The summed E-state index contributed by atoms with van der Waals surface area (Å²) >= 11 is 6.13. The summed E-state index contributed by atoms with van der Waals surface area (Å²) in [5.41, 5.74) is 2.22. The fourth-order valence-electron chi connectivity index (χ4n) is 3.69. The van der Waals surface area contributed by atoms with Crippen LogP contribution in [0.4, 0.5) is 17.1 Å². The van der Waals surface area contributed by atoms with Gasteiger partial charge in [0.15, 0.2) is 0 Å². The van der Waals surface area contributed by atoms with Crippen molar-refractivity contribution in [2.75, 3.05) is 16.8 Å².